The molecule has 1 aliphatic rings. The van der Waals surface area contributed by atoms with E-state index in [9.17, 15) is 8.42 Å². The normalized spacial score (nSPS) is 17.8. The van der Waals surface area contributed by atoms with E-state index in [2.05, 4.69) is 17.0 Å². The molecule has 0 saturated carbocycles. The molecule has 1 aliphatic heterocycles. The Morgan fingerprint density at radius 3 is 2.37 bits per heavy atom. The minimum Gasteiger partial charge on any atom is -0.384 e. The number of hydrogen-bond acceptors (Lipinski definition) is 4. The van der Waals surface area contributed by atoms with Crippen molar-refractivity contribution in [3.8, 4) is 0 Å². The molecular formula is C13H20N2O3S. The van der Waals surface area contributed by atoms with Gasteiger partial charge >= 0.3 is 0 Å². The molecule has 0 amide bonds. The molecule has 0 aliphatic carbocycles. The summed E-state index contributed by atoms with van der Waals surface area (Å²) in [6.07, 6.45) is 0. The van der Waals surface area contributed by atoms with E-state index in [-0.39, 0.29) is 10.3 Å². The zero-order chi connectivity index (χ0) is 13.9. The molecule has 0 unspecified atom stereocenters. The quantitative estimate of drug-likeness (QED) is 0.829. The Kier molecular flexibility index (Phi) is 4.13. The lowest BCUT2D eigenvalue weighted by molar-refractivity contribution is -0.0924. The van der Waals surface area contributed by atoms with Crippen LogP contribution < -0.4 is 10.0 Å². The van der Waals surface area contributed by atoms with Gasteiger partial charge in [-0.25, -0.2) is 13.1 Å². The molecule has 0 spiro atoms. The summed E-state index contributed by atoms with van der Waals surface area (Å²) in [5.74, 6) is 0. The highest BCUT2D eigenvalue weighted by Gasteiger charge is 2.32. The summed E-state index contributed by atoms with van der Waals surface area (Å²) in [7, 11) is -3.36. The van der Waals surface area contributed by atoms with E-state index in [4.69, 9.17) is 4.74 Å². The fourth-order valence-electron chi connectivity index (χ4n) is 1.89. The summed E-state index contributed by atoms with van der Waals surface area (Å²) in [6.45, 7) is 6.68. The number of benzene rings is 1. The van der Waals surface area contributed by atoms with Gasteiger partial charge in [-0.2, -0.15) is 0 Å². The second-order valence-corrected chi connectivity index (χ2v) is 6.95. The summed E-state index contributed by atoms with van der Waals surface area (Å²) < 4.78 is 31.2. The summed E-state index contributed by atoms with van der Waals surface area (Å²) in [4.78, 5) is 0.290. The highest BCUT2D eigenvalue weighted by molar-refractivity contribution is 7.89. The van der Waals surface area contributed by atoms with Crippen LogP contribution in [-0.4, -0.2) is 34.7 Å². The number of rotatable bonds is 6. The lowest BCUT2D eigenvalue weighted by Gasteiger charge is -2.38. The predicted octanol–water partition coefficient (Wildman–Crippen LogP) is 1.43. The zero-order valence-corrected chi connectivity index (χ0v) is 12.1. The van der Waals surface area contributed by atoms with Gasteiger partial charge in [0.1, 0.15) is 0 Å². The Morgan fingerprint density at radius 1 is 1.26 bits per heavy atom. The molecule has 1 aromatic carbocycles. The fraction of sp³-hybridized carbons (Fsp3) is 0.538. The molecule has 0 aromatic heterocycles. The van der Waals surface area contributed by atoms with E-state index >= 15 is 0 Å². The Labute approximate surface area is 114 Å². The molecule has 1 fully saturated rings. The second kappa shape index (κ2) is 5.48. The minimum atomic E-state index is -3.36. The summed E-state index contributed by atoms with van der Waals surface area (Å²) in [6, 6.07) is 6.79. The summed E-state index contributed by atoms with van der Waals surface area (Å²) in [5, 5.41) is 3.30. The van der Waals surface area contributed by atoms with Crippen LogP contribution in [0.3, 0.4) is 0 Å². The smallest absolute Gasteiger partial charge is 0.240 e. The van der Waals surface area contributed by atoms with Gasteiger partial charge in [0, 0.05) is 24.2 Å². The van der Waals surface area contributed by atoms with E-state index < -0.39 is 10.0 Å². The lowest BCUT2D eigenvalue weighted by atomic mass is 9.89. The Morgan fingerprint density at radius 2 is 1.89 bits per heavy atom. The molecule has 1 aromatic rings. The third kappa shape index (κ3) is 3.46. The molecule has 0 bridgehead atoms. The number of anilines is 1. The van der Waals surface area contributed by atoms with Gasteiger partial charge in [-0.1, -0.05) is 13.8 Å². The highest BCUT2D eigenvalue weighted by Crippen LogP contribution is 2.26. The largest absolute Gasteiger partial charge is 0.384 e. The molecule has 1 saturated heterocycles. The number of sulfonamides is 1. The van der Waals surface area contributed by atoms with Crippen molar-refractivity contribution in [2.45, 2.75) is 18.7 Å². The van der Waals surface area contributed by atoms with Crippen LogP contribution in [0, 0.1) is 5.41 Å². The fourth-order valence-corrected chi connectivity index (χ4v) is 2.93. The molecular weight excluding hydrogens is 264 g/mol. The van der Waals surface area contributed by atoms with Crippen LogP contribution in [0.2, 0.25) is 0 Å². The molecule has 2 rings (SSSR count). The highest BCUT2D eigenvalue weighted by atomic mass is 32.2. The maximum Gasteiger partial charge on any atom is 0.240 e. The molecule has 5 nitrogen and oxygen atoms in total. The van der Waals surface area contributed by atoms with Crippen molar-refractivity contribution in [3.63, 3.8) is 0 Å². The van der Waals surface area contributed by atoms with Crippen LogP contribution in [0.4, 0.5) is 5.69 Å². The first-order valence-corrected chi connectivity index (χ1v) is 7.85. The summed E-state index contributed by atoms with van der Waals surface area (Å²) >= 11 is 0. The summed E-state index contributed by atoms with van der Waals surface area (Å²) in [5.41, 5.74) is 1.11. The first-order chi connectivity index (χ1) is 8.95. The first kappa shape index (κ1) is 14.3. The van der Waals surface area contributed by atoms with Crippen LogP contribution in [0.25, 0.3) is 0 Å². The van der Waals surface area contributed by atoms with Crippen LogP contribution in [0.5, 0.6) is 0 Å². The third-order valence-electron chi connectivity index (χ3n) is 3.12. The molecule has 6 heteroatoms. The van der Waals surface area contributed by atoms with Gasteiger partial charge in [0.2, 0.25) is 10.0 Å². The molecule has 106 valence electrons. The number of ether oxygens (including phenoxy) is 1. The maximum atomic E-state index is 11.8. The van der Waals surface area contributed by atoms with Crippen molar-refractivity contribution in [1.29, 1.82) is 0 Å². The van der Waals surface area contributed by atoms with Crippen molar-refractivity contribution in [1.82, 2.24) is 4.72 Å². The zero-order valence-electron chi connectivity index (χ0n) is 11.3. The average molecular weight is 284 g/mol. The van der Waals surface area contributed by atoms with Crippen LogP contribution in [-0.2, 0) is 14.8 Å². The second-order valence-electron chi connectivity index (χ2n) is 5.18. The van der Waals surface area contributed by atoms with E-state index in [1.165, 1.54) is 0 Å². The monoisotopic (exact) mass is 284 g/mol. The van der Waals surface area contributed by atoms with Crippen LogP contribution in [0.1, 0.15) is 13.8 Å². The lowest BCUT2D eigenvalue weighted by Crippen LogP contribution is -2.45. The van der Waals surface area contributed by atoms with Crippen molar-refractivity contribution < 1.29 is 13.2 Å². The van der Waals surface area contributed by atoms with Gasteiger partial charge in [-0.15, -0.1) is 0 Å². The van der Waals surface area contributed by atoms with Crippen LogP contribution in [0.15, 0.2) is 29.2 Å². The molecule has 0 radical (unpaired) electrons. The molecule has 0 atom stereocenters. The Balaban J connectivity index is 1.98. The number of nitrogens with one attached hydrogen (secondary N) is 2. The van der Waals surface area contributed by atoms with E-state index in [0.717, 1.165) is 25.4 Å². The van der Waals surface area contributed by atoms with Gasteiger partial charge in [0.05, 0.1) is 18.1 Å². The van der Waals surface area contributed by atoms with Gasteiger partial charge in [0.25, 0.3) is 0 Å². The van der Waals surface area contributed by atoms with Gasteiger partial charge in [-0.05, 0) is 24.3 Å². The predicted molar refractivity (Wildman–Crippen MR) is 74.7 cm³/mol. The van der Waals surface area contributed by atoms with Crippen molar-refractivity contribution in [2.24, 2.45) is 5.41 Å². The average Bonchev–Trinajstić information content (AvgIpc) is 2.34. The molecule has 19 heavy (non-hydrogen) atoms. The standard InChI is InChI=1S/C13H20N2O3S/c1-3-15-19(16,17)12-6-4-11(5-7-12)14-8-13(2)9-18-10-13/h4-7,14-15H,3,8-10H2,1-2H3. The third-order valence-corrected chi connectivity index (χ3v) is 4.68. The van der Waals surface area contributed by atoms with Crippen molar-refractivity contribution >= 4 is 15.7 Å². The van der Waals surface area contributed by atoms with Gasteiger partial charge < -0.3 is 10.1 Å². The first-order valence-electron chi connectivity index (χ1n) is 6.37. The topological polar surface area (TPSA) is 67.4 Å². The van der Waals surface area contributed by atoms with E-state index in [1.807, 2.05) is 0 Å². The number of hydrogen-bond donors (Lipinski definition) is 2. The Hall–Kier alpha value is -1.11. The minimum absolute atomic E-state index is 0.189. The maximum absolute atomic E-state index is 11.8. The Bertz CT molecular complexity index is 521. The van der Waals surface area contributed by atoms with Crippen molar-refractivity contribution in [2.75, 3.05) is 31.6 Å². The van der Waals surface area contributed by atoms with Gasteiger partial charge in [0.15, 0.2) is 0 Å². The van der Waals surface area contributed by atoms with Gasteiger partial charge in [-0.3, -0.25) is 0 Å². The molecule has 1 heterocycles. The van der Waals surface area contributed by atoms with Crippen molar-refractivity contribution in [3.05, 3.63) is 24.3 Å². The van der Waals surface area contributed by atoms with Crippen LogP contribution >= 0.6 is 0 Å². The SMILES string of the molecule is CCNS(=O)(=O)c1ccc(NCC2(C)COC2)cc1. The molecule has 2 N–H and O–H groups in total. The van der Waals surface area contributed by atoms with E-state index in [1.54, 1.807) is 31.2 Å². The van der Waals surface area contributed by atoms with E-state index in [0.29, 0.717) is 6.54 Å².